The van der Waals surface area contributed by atoms with Crippen molar-refractivity contribution in [3.63, 3.8) is 0 Å². The van der Waals surface area contributed by atoms with Crippen molar-refractivity contribution in [1.29, 1.82) is 0 Å². The van der Waals surface area contributed by atoms with Crippen molar-refractivity contribution in [2.75, 3.05) is 34.4 Å². The standard InChI is InChI=1S/C20H25ClN2O3S/c1-22(12-15-7-9-19(21)27-15)20(24)13-23-10-4-5-17(23)16-8-6-14(25-2)11-18(16)26-3/h6-9,11,17H,4-5,10,12-13H2,1-3H3/t17-/m0/s1. The Morgan fingerprint density at radius 2 is 2.11 bits per heavy atom. The predicted molar refractivity (Wildman–Crippen MR) is 109 cm³/mol. The van der Waals surface area contributed by atoms with E-state index in [9.17, 15) is 4.79 Å². The van der Waals surface area contributed by atoms with E-state index in [2.05, 4.69) is 4.90 Å². The summed E-state index contributed by atoms with van der Waals surface area (Å²) < 4.78 is 11.6. The molecule has 7 heteroatoms. The lowest BCUT2D eigenvalue weighted by Crippen LogP contribution is -2.37. The number of hydrogen-bond acceptors (Lipinski definition) is 5. The molecule has 1 amide bonds. The van der Waals surface area contributed by atoms with Crippen molar-refractivity contribution >= 4 is 28.8 Å². The minimum atomic E-state index is 0.110. The van der Waals surface area contributed by atoms with Crippen molar-refractivity contribution in [1.82, 2.24) is 9.80 Å². The van der Waals surface area contributed by atoms with Gasteiger partial charge in [-0.15, -0.1) is 11.3 Å². The van der Waals surface area contributed by atoms with E-state index in [0.29, 0.717) is 13.1 Å². The van der Waals surface area contributed by atoms with Crippen molar-refractivity contribution in [2.45, 2.75) is 25.4 Å². The van der Waals surface area contributed by atoms with Crippen molar-refractivity contribution in [3.8, 4) is 11.5 Å². The number of ether oxygens (including phenoxy) is 2. The van der Waals surface area contributed by atoms with Crippen molar-refractivity contribution in [2.24, 2.45) is 0 Å². The zero-order chi connectivity index (χ0) is 19.4. The first kappa shape index (κ1) is 20.0. The van der Waals surface area contributed by atoms with Crippen molar-refractivity contribution < 1.29 is 14.3 Å². The van der Waals surface area contributed by atoms with Crippen LogP contribution in [0.15, 0.2) is 30.3 Å². The van der Waals surface area contributed by atoms with Crippen LogP contribution in [-0.4, -0.2) is 50.1 Å². The molecule has 2 aromatic rings. The maximum atomic E-state index is 12.7. The summed E-state index contributed by atoms with van der Waals surface area (Å²) in [5.74, 6) is 1.68. The normalized spacial score (nSPS) is 17.1. The van der Waals surface area contributed by atoms with E-state index in [-0.39, 0.29) is 11.9 Å². The molecule has 0 bridgehead atoms. The lowest BCUT2D eigenvalue weighted by molar-refractivity contribution is -0.131. The smallest absolute Gasteiger partial charge is 0.236 e. The summed E-state index contributed by atoms with van der Waals surface area (Å²) in [6.07, 6.45) is 2.08. The van der Waals surface area contributed by atoms with Gasteiger partial charge < -0.3 is 14.4 Å². The van der Waals surface area contributed by atoms with Gasteiger partial charge in [-0.25, -0.2) is 0 Å². The van der Waals surface area contributed by atoms with Gasteiger partial charge in [-0.3, -0.25) is 9.69 Å². The Morgan fingerprint density at radius 1 is 1.30 bits per heavy atom. The topological polar surface area (TPSA) is 42.0 Å². The second-order valence-corrected chi connectivity index (χ2v) is 8.49. The third-order valence-electron chi connectivity index (χ3n) is 4.95. The molecule has 1 aliphatic rings. The minimum absolute atomic E-state index is 0.110. The number of likely N-dealkylation sites (N-methyl/N-ethyl adjacent to an activating group) is 1. The van der Waals surface area contributed by atoms with E-state index in [0.717, 1.165) is 45.7 Å². The fourth-order valence-corrected chi connectivity index (χ4v) is 4.66. The molecule has 146 valence electrons. The molecule has 1 aromatic heterocycles. The zero-order valence-corrected chi connectivity index (χ0v) is 17.5. The van der Waals surface area contributed by atoms with Crippen LogP contribution in [0.2, 0.25) is 4.34 Å². The summed E-state index contributed by atoms with van der Waals surface area (Å²) in [7, 11) is 5.16. The highest BCUT2D eigenvalue weighted by molar-refractivity contribution is 7.16. The van der Waals surface area contributed by atoms with E-state index in [1.54, 1.807) is 19.1 Å². The highest BCUT2D eigenvalue weighted by Crippen LogP contribution is 2.38. The van der Waals surface area contributed by atoms with Crippen LogP contribution in [0.5, 0.6) is 11.5 Å². The number of carbonyl (C=O) groups is 1. The number of nitrogens with zero attached hydrogens (tertiary/aromatic N) is 2. The number of likely N-dealkylation sites (tertiary alicyclic amines) is 1. The molecule has 0 saturated carbocycles. The third-order valence-corrected chi connectivity index (χ3v) is 6.17. The van der Waals surface area contributed by atoms with Crippen LogP contribution in [0.1, 0.15) is 29.3 Å². The molecule has 1 aliphatic heterocycles. The number of halogens is 1. The Labute approximate surface area is 169 Å². The monoisotopic (exact) mass is 408 g/mol. The van der Waals surface area contributed by atoms with Crippen LogP contribution in [0, 0.1) is 0 Å². The van der Waals surface area contributed by atoms with E-state index in [1.807, 2.05) is 37.4 Å². The number of methoxy groups -OCH3 is 2. The SMILES string of the molecule is COc1ccc([C@@H]2CCCN2CC(=O)N(C)Cc2ccc(Cl)s2)c(OC)c1. The first-order valence-corrected chi connectivity index (χ1v) is 10.2. The molecule has 27 heavy (non-hydrogen) atoms. The molecule has 1 fully saturated rings. The third kappa shape index (κ3) is 4.75. The molecule has 2 heterocycles. The second kappa shape index (κ2) is 8.95. The first-order chi connectivity index (χ1) is 13.0. The molecule has 5 nitrogen and oxygen atoms in total. The summed E-state index contributed by atoms with van der Waals surface area (Å²) in [6.45, 7) is 1.89. The number of rotatable bonds is 7. The van der Waals surface area contributed by atoms with Gasteiger partial charge in [0.15, 0.2) is 0 Å². The number of amides is 1. The largest absolute Gasteiger partial charge is 0.497 e. The Bertz CT molecular complexity index is 795. The lowest BCUT2D eigenvalue weighted by Gasteiger charge is -2.27. The molecule has 1 saturated heterocycles. The van der Waals surface area contributed by atoms with Crippen LogP contribution in [0.3, 0.4) is 0 Å². The Balaban J connectivity index is 1.68. The fourth-order valence-electron chi connectivity index (χ4n) is 3.51. The van der Waals surface area contributed by atoms with E-state index < -0.39 is 0 Å². The number of thiophene rings is 1. The molecule has 0 spiro atoms. The number of benzene rings is 1. The zero-order valence-electron chi connectivity index (χ0n) is 15.9. The first-order valence-electron chi connectivity index (χ1n) is 8.96. The number of carbonyl (C=O) groups excluding carboxylic acids is 1. The Hall–Kier alpha value is -1.76. The van der Waals surface area contributed by atoms with Gasteiger partial charge >= 0.3 is 0 Å². The van der Waals surface area contributed by atoms with E-state index >= 15 is 0 Å². The number of hydrogen-bond donors (Lipinski definition) is 0. The molecule has 0 radical (unpaired) electrons. The average molecular weight is 409 g/mol. The summed E-state index contributed by atoms with van der Waals surface area (Å²) in [6, 6.07) is 9.91. The van der Waals surface area contributed by atoms with Crippen LogP contribution >= 0.6 is 22.9 Å². The van der Waals surface area contributed by atoms with Crippen LogP contribution in [0.25, 0.3) is 0 Å². The van der Waals surface area contributed by atoms with Crippen molar-refractivity contribution in [3.05, 3.63) is 45.1 Å². The quantitative estimate of drug-likeness (QED) is 0.688. The molecule has 0 aliphatic carbocycles. The minimum Gasteiger partial charge on any atom is -0.497 e. The van der Waals surface area contributed by atoms with E-state index in [4.69, 9.17) is 21.1 Å². The highest BCUT2D eigenvalue weighted by atomic mass is 35.5. The van der Waals surface area contributed by atoms with E-state index in [1.165, 1.54) is 11.3 Å². The van der Waals surface area contributed by atoms with Crippen LogP contribution < -0.4 is 9.47 Å². The molecule has 0 N–H and O–H groups in total. The lowest BCUT2D eigenvalue weighted by atomic mass is 10.0. The average Bonchev–Trinajstić information content (AvgIpc) is 3.29. The molecular weight excluding hydrogens is 384 g/mol. The van der Waals surface area contributed by atoms with Gasteiger partial charge in [-0.2, -0.15) is 0 Å². The fraction of sp³-hybridized carbons (Fsp3) is 0.450. The maximum absolute atomic E-state index is 12.7. The van der Waals surface area contributed by atoms with Gasteiger partial charge in [0.1, 0.15) is 11.5 Å². The van der Waals surface area contributed by atoms with Gasteiger partial charge in [0.05, 0.1) is 31.6 Å². The summed E-state index contributed by atoms with van der Waals surface area (Å²) in [5, 5.41) is 0. The van der Waals surface area contributed by atoms with Gasteiger partial charge in [-0.1, -0.05) is 17.7 Å². The maximum Gasteiger partial charge on any atom is 0.236 e. The summed E-state index contributed by atoms with van der Waals surface area (Å²) >= 11 is 7.50. The Morgan fingerprint density at radius 3 is 2.78 bits per heavy atom. The molecule has 3 rings (SSSR count). The molecule has 1 aromatic carbocycles. The summed E-state index contributed by atoms with van der Waals surface area (Å²) in [5.41, 5.74) is 1.11. The van der Waals surface area contributed by atoms with Crippen LogP contribution in [0.4, 0.5) is 0 Å². The van der Waals surface area contributed by atoms with Gasteiger partial charge in [0.25, 0.3) is 0 Å². The molecular formula is C20H25ClN2O3S. The second-order valence-electron chi connectivity index (χ2n) is 6.69. The molecule has 0 unspecified atom stereocenters. The highest BCUT2D eigenvalue weighted by Gasteiger charge is 2.30. The van der Waals surface area contributed by atoms with Gasteiger partial charge in [0.2, 0.25) is 5.91 Å². The van der Waals surface area contributed by atoms with Crippen LogP contribution in [-0.2, 0) is 11.3 Å². The Kier molecular flexibility index (Phi) is 6.63. The predicted octanol–water partition coefficient (Wildman–Crippen LogP) is 4.21. The van der Waals surface area contributed by atoms with Gasteiger partial charge in [-0.05, 0) is 37.6 Å². The summed E-state index contributed by atoms with van der Waals surface area (Å²) in [4.78, 5) is 17.8. The molecule has 1 atom stereocenters. The van der Waals surface area contributed by atoms with Gasteiger partial charge in [0, 0.05) is 29.6 Å².